The highest BCUT2D eigenvalue weighted by molar-refractivity contribution is 7.89. The van der Waals surface area contributed by atoms with Crippen LogP contribution >= 0.6 is 0 Å². The molecule has 2 N–H and O–H groups in total. The third kappa shape index (κ3) is 3.13. The van der Waals surface area contributed by atoms with Crippen LogP contribution in [0.1, 0.15) is 6.92 Å². The largest absolute Gasteiger partial charge is 0.480 e. The van der Waals surface area contributed by atoms with Gasteiger partial charge >= 0.3 is 12.1 Å². The molecule has 0 heterocycles. The van der Waals surface area contributed by atoms with Crippen molar-refractivity contribution in [2.24, 2.45) is 0 Å². The highest BCUT2D eigenvalue weighted by Gasteiger charge is 2.60. The fourth-order valence-corrected chi connectivity index (χ4v) is 2.77. The Morgan fingerprint density at radius 3 is 1.95 bits per heavy atom. The summed E-state index contributed by atoms with van der Waals surface area (Å²) in [5.41, 5.74) is -3.94. The van der Waals surface area contributed by atoms with Gasteiger partial charge in [0.1, 0.15) is 11.6 Å². The predicted molar refractivity (Wildman–Crippen MR) is 58.8 cm³/mol. The van der Waals surface area contributed by atoms with Crippen LogP contribution in [-0.4, -0.2) is 31.2 Å². The van der Waals surface area contributed by atoms with Gasteiger partial charge in [0.2, 0.25) is 15.6 Å². The second-order valence-corrected chi connectivity index (χ2v) is 5.70. The highest BCUT2D eigenvalue weighted by atomic mass is 32.2. The van der Waals surface area contributed by atoms with Gasteiger partial charge in [0.05, 0.1) is 0 Å². The molecular formula is C10H8F5NO4S. The molecule has 0 radical (unpaired) electrons. The number of benzene rings is 1. The first-order valence-corrected chi connectivity index (χ1v) is 6.59. The van der Waals surface area contributed by atoms with Crippen molar-refractivity contribution in [3.05, 3.63) is 29.8 Å². The number of nitrogens with one attached hydrogen (secondary N) is 1. The number of carbonyl (C=O) groups is 1. The summed E-state index contributed by atoms with van der Waals surface area (Å²) in [7, 11) is -5.41. The quantitative estimate of drug-likeness (QED) is 0.821. The summed E-state index contributed by atoms with van der Waals surface area (Å²) in [6, 6.07) is 1.80. The van der Waals surface area contributed by atoms with Crippen molar-refractivity contribution in [2.75, 3.05) is 0 Å². The van der Waals surface area contributed by atoms with Gasteiger partial charge in [-0.25, -0.2) is 22.0 Å². The average molecular weight is 333 g/mol. The van der Waals surface area contributed by atoms with Gasteiger partial charge in [-0.05, 0) is 19.1 Å². The first-order valence-electron chi connectivity index (χ1n) is 5.11. The van der Waals surface area contributed by atoms with Gasteiger partial charge in [0.15, 0.2) is 4.90 Å². The molecule has 0 bridgehead atoms. The summed E-state index contributed by atoms with van der Waals surface area (Å²) in [5.74, 6) is -5.88. The van der Waals surface area contributed by atoms with Gasteiger partial charge in [0, 0.05) is 0 Å². The average Bonchev–Trinajstić information content (AvgIpc) is 2.25. The Balaban J connectivity index is 3.43. The molecule has 0 saturated heterocycles. The topological polar surface area (TPSA) is 83.5 Å². The molecule has 21 heavy (non-hydrogen) atoms. The maximum absolute atomic E-state index is 13.3. The third-order valence-corrected chi connectivity index (χ3v) is 4.13. The van der Waals surface area contributed by atoms with Crippen molar-refractivity contribution in [3.63, 3.8) is 0 Å². The van der Waals surface area contributed by atoms with E-state index in [-0.39, 0.29) is 6.92 Å². The van der Waals surface area contributed by atoms with Gasteiger partial charge in [-0.1, -0.05) is 6.07 Å². The molecule has 1 atom stereocenters. The van der Waals surface area contributed by atoms with Crippen LogP contribution in [0.4, 0.5) is 22.0 Å². The smallest absolute Gasteiger partial charge is 0.418 e. The molecule has 0 saturated carbocycles. The zero-order valence-corrected chi connectivity index (χ0v) is 11.0. The van der Waals surface area contributed by atoms with E-state index in [1.165, 1.54) is 0 Å². The number of hydrogen-bond acceptors (Lipinski definition) is 3. The van der Waals surface area contributed by atoms with Crippen LogP contribution in [0.15, 0.2) is 23.1 Å². The van der Waals surface area contributed by atoms with Crippen molar-refractivity contribution in [1.82, 2.24) is 4.72 Å². The van der Waals surface area contributed by atoms with E-state index in [0.717, 1.165) is 10.8 Å². The Labute approximate surface area is 115 Å². The molecule has 0 fully saturated rings. The van der Waals surface area contributed by atoms with Crippen LogP contribution in [0, 0.1) is 11.6 Å². The summed E-state index contributed by atoms with van der Waals surface area (Å²) in [4.78, 5) is 9.02. The van der Waals surface area contributed by atoms with Crippen molar-refractivity contribution in [2.45, 2.75) is 23.5 Å². The second kappa shape index (κ2) is 5.22. The zero-order valence-electron chi connectivity index (χ0n) is 10.2. The molecule has 0 spiro atoms. The van der Waals surface area contributed by atoms with Crippen molar-refractivity contribution in [3.8, 4) is 0 Å². The van der Waals surface area contributed by atoms with Gasteiger partial charge < -0.3 is 5.11 Å². The lowest BCUT2D eigenvalue weighted by atomic mass is 10.0. The van der Waals surface area contributed by atoms with E-state index in [0.29, 0.717) is 12.1 Å². The molecule has 11 heteroatoms. The highest BCUT2D eigenvalue weighted by Crippen LogP contribution is 2.32. The van der Waals surface area contributed by atoms with Gasteiger partial charge in [-0.2, -0.15) is 17.9 Å². The van der Waals surface area contributed by atoms with E-state index in [2.05, 4.69) is 0 Å². The Morgan fingerprint density at radius 1 is 1.19 bits per heavy atom. The molecule has 0 aliphatic carbocycles. The number of aliphatic carboxylic acids is 1. The molecule has 0 aliphatic heterocycles. The minimum atomic E-state index is -5.53. The Hall–Kier alpha value is -1.75. The number of hydrogen-bond donors (Lipinski definition) is 2. The zero-order chi connectivity index (χ0) is 16.6. The Kier molecular flexibility index (Phi) is 4.30. The fourth-order valence-electron chi connectivity index (χ4n) is 1.28. The molecule has 5 nitrogen and oxygen atoms in total. The SMILES string of the molecule is CC(NS(=O)(=O)c1c(F)cccc1F)(C(=O)O)C(F)(F)F. The maximum Gasteiger partial charge on any atom is 0.418 e. The lowest BCUT2D eigenvalue weighted by Crippen LogP contribution is -2.61. The first-order chi connectivity index (χ1) is 9.33. The monoisotopic (exact) mass is 333 g/mol. The minimum absolute atomic E-state index is 0.0195. The molecule has 1 unspecified atom stereocenters. The normalized spacial score (nSPS) is 15.5. The number of carboxylic acids is 1. The molecule has 1 aromatic carbocycles. The summed E-state index contributed by atoms with van der Waals surface area (Å²) < 4.78 is 88.9. The molecular weight excluding hydrogens is 325 g/mol. The van der Waals surface area contributed by atoms with Crippen molar-refractivity contribution < 1.29 is 40.3 Å². The van der Waals surface area contributed by atoms with E-state index >= 15 is 0 Å². The van der Waals surface area contributed by atoms with Crippen LogP contribution < -0.4 is 4.72 Å². The number of sulfonamides is 1. The van der Waals surface area contributed by atoms with Crippen LogP contribution in [0.5, 0.6) is 0 Å². The van der Waals surface area contributed by atoms with Gasteiger partial charge in [-0.3, -0.25) is 0 Å². The summed E-state index contributed by atoms with van der Waals surface area (Å²) in [6.45, 7) is 0.0195. The Morgan fingerprint density at radius 2 is 1.62 bits per heavy atom. The van der Waals surface area contributed by atoms with E-state index in [1.807, 2.05) is 0 Å². The minimum Gasteiger partial charge on any atom is -0.480 e. The number of halogens is 5. The standard InChI is InChI=1S/C10H8F5NO4S/c1-9(8(17)18,10(13,14)15)16-21(19,20)7-5(11)3-2-4-6(7)12/h2-4,16H,1H3,(H,17,18). The summed E-state index contributed by atoms with van der Waals surface area (Å²) in [5, 5.41) is 8.58. The van der Waals surface area contributed by atoms with Crippen LogP contribution in [0.3, 0.4) is 0 Å². The summed E-state index contributed by atoms with van der Waals surface area (Å²) >= 11 is 0. The van der Waals surface area contributed by atoms with Crippen LogP contribution in [0.2, 0.25) is 0 Å². The van der Waals surface area contributed by atoms with Crippen LogP contribution in [-0.2, 0) is 14.8 Å². The number of rotatable bonds is 4. The van der Waals surface area contributed by atoms with Gasteiger partial charge in [0.25, 0.3) is 0 Å². The summed E-state index contributed by atoms with van der Waals surface area (Å²) in [6.07, 6.45) is -5.53. The van der Waals surface area contributed by atoms with E-state index in [1.54, 1.807) is 0 Å². The number of carboxylic acid groups (broad SMARTS) is 1. The third-order valence-electron chi connectivity index (χ3n) is 2.52. The molecule has 0 aromatic heterocycles. The fraction of sp³-hybridized carbons (Fsp3) is 0.300. The lowest BCUT2D eigenvalue weighted by molar-refractivity contribution is -0.201. The van der Waals surface area contributed by atoms with E-state index in [9.17, 15) is 35.2 Å². The second-order valence-electron chi connectivity index (χ2n) is 4.08. The van der Waals surface area contributed by atoms with Gasteiger partial charge in [-0.15, -0.1) is 0 Å². The van der Waals surface area contributed by atoms with E-state index in [4.69, 9.17) is 5.11 Å². The first kappa shape index (κ1) is 17.3. The number of alkyl halides is 3. The van der Waals surface area contributed by atoms with Crippen molar-refractivity contribution >= 4 is 16.0 Å². The van der Waals surface area contributed by atoms with Crippen molar-refractivity contribution in [1.29, 1.82) is 0 Å². The molecule has 1 rings (SSSR count). The molecule has 118 valence electrons. The maximum atomic E-state index is 13.3. The molecule has 0 aliphatic rings. The molecule has 0 amide bonds. The van der Waals surface area contributed by atoms with E-state index < -0.39 is 44.2 Å². The lowest BCUT2D eigenvalue weighted by Gasteiger charge is -2.28. The molecule has 1 aromatic rings. The van der Waals surface area contributed by atoms with Crippen LogP contribution in [0.25, 0.3) is 0 Å². The Bertz CT molecular complexity index is 652. The predicted octanol–water partition coefficient (Wildman–Crippen LogP) is 1.65.